The monoisotopic (exact) mass is 251 g/mol. The highest BCUT2D eigenvalue weighted by Crippen LogP contribution is 2.14. The summed E-state index contributed by atoms with van der Waals surface area (Å²) in [5.74, 6) is 0. The Labute approximate surface area is 107 Å². The first-order valence-electron chi connectivity index (χ1n) is 5.87. The fraction of sp³-hybridized carbons (Fsp3) is 0.500. The van der Waals surface area contributed by atoms with E-state index in [2.05, 4.69) is 10.3 Å². The Morgan fingerprint density at radius 2 is 2.41 bits per heavy atom. The lowest BCUT2D eigenvalue weighted by atomic mass is 10.1. The van der Waals surface area contributed by atoms with Crippen LogP contribution in [-0.4, -0.2) is 29.2 Å². The van der Waals surface area contributed by atoms with Crippen LogP contribution in [0.5, 0.6) is 0 Å². The van der Waals surface area contributed by atoms with Crippen molar-refractivity contribution in [3.8, 4) is 0 Å². The molecular weight excluding hydrogens is 234 g/mol. The summed E-state index contributed by atoms with van der Waals surface area (Å²) in [6.45, 7) is 1.71. The molecule has 3 N–H and O–H groups in total. The molecule has 1 aromatic heterocycles. The normalized spacial score (nSPS) is 19.9. The molecule has 1 aliphatic rings. The van der Waals surface area contributed by atoms with Crippen molar-refractivity contribution in [1.82, 2.24) is 4.98 Å². The second-order valence-electron chi connectivity index (χ2n) is 4.17. The van der Waals surface area contributed by atoms with Crippen molar-refractivity contribution in [3.63, 3.8) is 0 Å². The molecule has 1 unspecified atom stereocenters. The summed E-state index contributed by atoms with van der Waals surface area (Å²) in [5.41, 5.74) is 7.11. The molecule has 2 rings (SSSR count). The van der Waals surface area contributed by atoms with E-state index in [4.69, 9.17) is 22.7 Å². The molecule has 4 nitrogen and oxygen atoms in total. The van der Waals surface area contributed by atoms with Crippen LogP contribution in [0.3, 0.4) is 0 Å². The van der Waals surface area contributed by atoms with Gasteiger partial charge in [-0.05, 0) is 31.4 Å². The number of ether oxygens (including phenoxy) is 1. The van der Waals surface area contributed by atoms with Gasteiger partial charge in [0, 0.05) is 13.2 Å². The minimum Gasteiger partial charge on any atom is -0.388 e. The highest BCUT2D eigenvalue weighted by molar-refractivity contribution is 7.80. The van der Waals surface area contributed by atoms with E-state index in [1.165, 1.54) is 12.8 Å². The predicted octanol–water partition coefficient (Wildman–Crippen LogP) is 1.70. The largest absolute Gasteiger partial charge is 0.388 e. The molecule has 1 atom stereocenters. The molecule has 5 heteroatoms. The van der Waals surface area contributed by atoms with Gasteiger partial charge in [-0.25, -0.2) is 0 Å². The lowest BCUT2D eigenvalue weighted by Crippen LogP contribution is -2.27. The van der Waals surface area contributed by atoms with Crippen molar-refractivity contribution in [3.05, 3.63) is 24.0 Å². The van der Waals surface area contributed by atoms with E-state index in [0.29, 0.717) is 16.8 Å². The van der Waals surface area contributed by atoms with E-state index in [9.17, 15) is 0 Å². The lowest BCUT2D eigenvalue weighted by molar-refractivity contribution is 0.0247. The third-order valence-electron chi connectivity index (χ3n) is 2.82. The minimum absolute atomic E-state index is 0.319. The van der Waals surface area contributed by atoms with Gasteiger partial charge in [0.05, 0.1) is 23.7 Å². The van der Waals surface area contributed by atoms with E-state index in [-0.39, 0.29) is 0 Å². The molecule has 0 radical (unpaired) electrons. The number of nitrogens with two attached hydrogens (primary N) is 1. The second kappa shape index (κ2) is 5.93. The van der Waals surface area contributed by atoms with Crippen LogP contribution < -0.4 is 11.1 Å². The van der Waals surface area contributed by atoms with Gasteiger partial charge < -0.3 is 15.8 Å². The summed E-state index contributed by atoms with van der Waals surface area (Å²) < 4.78 is 5.64. The van der Waals surface area contributed by atoms with Crippen LogP contribution in [0.2, 0.25) is 0 Å². The highest BCUT2D eigenvalue weighted by atomic mass is 32.1. The fourth-order valence-electron chi connectivity index (χ4n) is 1.84. The quantitative estimate of drug-likeness (QED) is 0.798. The van der Waals surface area contributed by atoms with Crippen LogP contribution in [0.15, 0.2) is 18.3 Å². The molecule has 0 bridgehead atoms. The number of rotatable bonds is 4. The van der Waals surface area contributed by atoms with Crippen molar-refractivity contribution >= 4 is 22.9 Å². The molecule has 92 valence electrons. The summed E-state index contributed by atoms with van der Waals surface area (Å²) in [6, 6.07) is 3.76. The van der Waals surface area contributed by atoms with Gasteiger partial charge in [-0.2, -0.15) is 0 Å². The average molecular weight is 251 g/mol. The van der Waals surface area contributed by atoms with Crippen LogP contribution in [0.1, 0.15) is 25.0 Å². The molecule has 1 fully saturated rings. The fourth-order valence-corrected chi connectivity index (χ4v) is 1.97. The molecule has 2 heterocycles. The molecule has 1 saturated heterocycles. The standard InChI is InChI=1S/C12H17N3OS/c13-12(17)11-5-4-9(7-15-11)14-8-10-3-1-2-6-16-10/h4-5,7,10,14H,1-3,6,8H2,(H2,13,17). The molecule has 0 amide bonds. The summed E-state index contributed by atoms with van der Waals surface area (Å²) in [4.78, 5) is 4.50. The Morgan fingerprint density at radius 1 is 1.53 bits per heavy atom. The number of hydrogen-bond donors (Lipinski definition) is 2. The molecule has 1 aromatic rings. The van der Waals surface area contributed by atoms with Crippen molar-refractivity contribution in [2.75, 3.05) is 18.5 Å². The Morgan fingerprint density at radius 3 is 3.00 bits per heavy atom. The molecule has 0 aromatic carbocycles. The third-order valence-corrected chi connectivity index (χ3v) is 3.03. The first-order chi connectivity index (χ1) is 8.25. The Hall–Kier alpha value is -1.20. The van der Waals surface area contributed by atoms with E-state index in [0.717, 1.165) is 25.3 Å². The van der Waals surface area contributed by atoms with Crippen LogP contribution in [0.4, 0.5) is 5.69 Å². The van der Waals surface area contributed by atoms with Gasteiger partial charge in [-0.15, -0.1) is 0 Å². The number of thiocarbonyl (C=S) groups is 1. The molecular formula is C12H17N3OS. The summed E-state index contributed by atoms with van der Waals surface area (Å²) in [7, 11) is 0. The third kappa shape index (κ3) is 3.64. The maximum Gasteiger partial charge on any atom is 0.122 e. The summed E-state index contributed by atoms with van der Waals surface area (Å²) in [6.07, 6.45) is 5.63. The zero-order chi connectivity index (χ0) is 12.1. The molecule has 0 aliphatic carbocycles. The Bertz CT molecular complexity index is 374. The summed E-state index contributed by atoms with van der Waals surface area (Å²) >= 11 is 4.85. The Balaban J connectivity index is 1.84. The van der Waals surface area contributed by atoms with Gasteiger partial charge in [0.15, 0.2) is 0 Å². The van der Waals surface area contributed by atoms with Crippen molar-refractivity contribution in [1.29, 1.82) is 0 Å². The highest BCUT2D eigenvalue weighted by Gasteiger charge is 2.13. The van der Waals surface area contributed by atoms with E-state index < -0.39 is 0 Å². The number of nitrogens with one attached hydrogen (secondary N) is 1. The van der Waals surface area contributed by atoms with Crippen LogP contribution >= 0.6 is 12.2 Å². The summed E-state index contributed by atoms with van der Waals surface area (Å²) in [5, 5.41) is 3.31. The van der Waals surface area contributed by atoms with Gasteiger partial charge in [0.1, 0.15) is 4.99 Å². The number of hydrogen-bond acceptors (Lipinski definition) is 4. The van der Waals surface area contributed by atoms with Gasteiger partial charge >= 0.3 is 0 Å². The number of nitrogens with zero attached hydrogens (tertiary/aromatic N) is 1. The van der Waals surface area contributed by atoms with Crippen LogP contribution in [-0.2, 0) is 4.74 Å². The Kier molecular flexibility index (Phi) is 4.28. The molecule has 0 spiro atoms. The van der Waals surface area contributed by atoms with E-state index >= 15 is 0 Å². The first kappa shape index (κ1) is 12.3. The number of pyridine rings is 1. The van der Waals surface area contributed by atoms with Gasteiger partial charge in [-0.3, -0.25) is 4.98 Å². The minimum atomic E-state index is 0.319. The predicted molar refractivity (Wildman–Crippen MR) is 72.2 cm³/mol. The molecule has 0 saturated carbocycles. The van der Waals surface area contributed by atoms with Gasteiger partial charge in [0.2, 0.25) is 0 Å². The van der Waals surface area contributed by atoms with Crippen molar-refractivity contribution in [2.45, 2.75) is 25.4 Å². The topological polar surface area (TPSA) is 60.2 Å². The van der Waals surface area contributed by atoms with Crippen LogP contribution in [0.25, 0.3) is 0 Å². The number of aromatic nitrogens is 1. The average Bonchev–Trinajstić information content (AvgIpc) is 2.38. The van der Waals surface area contributed by atoms with Crippen molar-refractivity contribution < 1.29 is 4.74 Å². The van der Waals surface area contributed by atoms with Crippen LogP contribution in [0, 0.1) is 0 Å². The first-order valence-corrected chi connectivity index (χ1v) is 6.28. The van der Waals surface area contributed by atoms with Gasteiger partial charge in [-0.1, -0.05) is 12.2 Å². The zero-order valence-electron chi connectivity index (χ0n) is 9.69. The SMILES string of the molecule is NC(=S)c1ccc(NCC2CCCCO2)cn1. The van der Waals surface area contributed by atoms with E-state index in [1.54, 1.807) is 6.20 Å². The maximum absolute atomic E-state index is 5.64. The van der Waals surface area contributed by atoms with E-state index in [1.807, 2.05) is 12.1 Å². The molecule has 17 heavy (non-hydrogen) atoms. The maximum atomic E-state index is 5.64. The van der Waals surface area contributed by atoms with Gasteiger partial charge in [0.25, 0.3) is 0 Å². The second-order valence-corrected chi connectivity index (χ2v) is 4.61. The zero-order valence-corrected chi connectivity index (χ0v) is 10.5. The smallest absolute Gasteiger partial charge is 0.122 e. The lowest BCUT2D eigenvalue weighted by Gasteiger charge is -2.23. The number of anilines is 1. The molecule has 1 aliphatic heterocycles. The van der Waals surface area contributed by atoms with Crippen molar-refractivity contribution in [2.24, 2.45) is 5.73 Å².